The van der Waals surface area contributed by atoms with E-state index in [0.29, 0.717) is 36.8 Å². The van der Waals surface area contributed by atoms with Crippen LogP contribution in [0.3, 0.4) is 0 Å². The Morgan fingerprint density at radius 3 is 2.43 bits per heavy atom. The van der Waals surface area contributed by atoms with E-state index in [0.717, 1.165) is 19.5 Å². The summed E-state index contributed by atoms with van der Waals surface area (Å²) in [6.07, 6.45) is 0.899. The average Bonchev–Trinajstić information content (AvgIpc) is 3.11. The van der Waals surface area contributed by atoms with Gasteiger partial charge in [0.05, 0.1) is 21.5 Å². The third-order valence-corrected chi connectivity index (χ3v) is 5.29. The molecule has 5 nitrogen and oxygen atoms in total. The lowest BCUT2D eigenvalue weighted by Gasteiger charge is -2.36. The van der Waals surface area contributed by atoms with Crippen LogP contribution >= 0.6 is 23.2 Å². The first kappa shape index (κ1) is 16.6. The van der Waals surface area contributed by atoms with Crippen LogP contribution in [-0.4, -0.2) is 60.9 Å². The summed E-state index contributed by atoms with van der Waals surface area (Å²) in [4.78, 5) is 28.6. The molecule has 2 aliphatic heterocycles. The van der Waals surface area contributed by atoms with Crippen molar-refractivity contribution in [3.8, 4) is 0 Å². The van der Waals surface area contributed by atoms with Gasteiger partial charge in [0.2, 0.25) is 5.91 Å². The Morgan fingerprint density at radius 2 is 1.78 bits per heavy atom. The maximum absolute atomic E-state index is 12.6. The number of hydrogen-bond donors (Lipinski definition) is 1. The van der Waals surface area contributed by atoms with E-state index in [1.807, 2.05) is 4.90 Å². The van der Waals surface area contributed by atoms with E-state index in [1.165, 1.54) is 0 Å². The van der Waals surface area contributed by atoms with Crippen molar-refractivity contribution in [1.82, 2.24) is 15.1 Å². The van der Waals surface area contributed by atoms with Crippen molar-refractivity contribution < 1.29 is 9.59 Å². The summed E-state index contributed by atoms with van der Waals surface area (Å²) < 4.78 is 0. The second-order valence-corrected chi connectivity index (χ2v) is 6.69. The topological polar surface area (TPSA) is 52.7 Å². The van der Waals surface area contributed by atoms with E-state index in [4.69, 9.17) is 23.2 Å². The van der Waals surface area contributed by atoms with Crippen LogP contribution in [-0.2, 0) is 4.79 Å². The van der Waals surface area contributed by atoms with Gasteiger partial charge in [-0.15, -0.1) is 0 Å². The van der Waals surface area contributed by atoms with E-state index < -0.39 is 0 Å². The lowest BCUT2D eigenvalue weighted by Crippen LogP contribution is -2.52. The molecule has 0 bridgehead atoms. The van der Waals surface area contributed by atoms with Crippen LogP contribution in [0.25, 0.3) is 0 Å². The number of hydrogen-bond acceptors (Lipinski definition) is 3. The highest BCUT2D eigenvalue weighted by Gasteiger charge is 2.31. The zero-order chi connectivity index (χ0) is 16.4. The van der Waals surface area contributed by atoms with Crippen LogP contribution in [0, 0.1) is 5.92 Å². The number of benzene rings is 1. The molecule has 1 atom stereocenters. The Bertz CT molecular complexity index is 609. The van der Waals surface area contributed by atoms with Crippen LogP contribution in [0.15, 0.2) is 18.2 Å². The monoisotopic (exact) mass is 355 g/mol. The van der Waals surface area contributed by atoms with Crippen molar-refractivity contribution in [2.45, 2.75) is 6.42 Å². The molecule has 1 N–H and O–H groups in total. The Labute approximate surface area is 145 Å². The molecule has 0 aromatic heterocycles. The molecular weight excluding hydrogens is 337 g/mol. The van der Waals surface area contributed by atoms with Gasteiger partial charge in [0, 0.05) is 32.7 Å². The maximum Gasteiger partial charge on any atom is 0.255 e. The molecule has 2 saturated heterocycles. The van der Waals surface area contributed by atoms with Gasteiger partial charge in [0.15, 0.2) is 0 Å². The minimum absolute atomic E-state index is 0.0830. The van der Waals surface area contributed by atoms with Crippen molar-refractivity contribution >= 4 is 35.0 Å². The predicted octanol–water partition coefficient (Wildman–Crippen LogP) is 1.89. The van der Waals surface area contributed by atoms with Gasteiger partial charge in [-0.3, -0.25) is 9.59 Å². The molecule has 23 heavy (non-hydrogen) atoms. The number of nitrogens with zero attached hydrogens (tertiary/aromatic N) is 2. The summed E-state index contributed by atoms with van der Waals surface area (Å²) in [5.74, 6) is 0.148. The van der Waals surface area contributed by atoms with Crippen molar-refractivity contribution in [2.75, 3.05) is 39.3 Å². The normalized spacial score (nSPS) is 21.6. The third-order valence-electron chi connectivity index (χ3n) is 4.47. The highest BCUT2D eigenvalue weighted by Crippen LogP contribution is 2.27. The van der Waals surface area contributed by atoms with Gasteiger partial charge in [0.1, 0.15) is 0 Å². The standard InChI is InChI=1S/C16H19Cl2N3O2/c17-13-3-1-2-12(14(13)18)16(23)21-8-6-20(7-9-21)15(22)11-4-5-19-10-11/h1-3,11,19H,4-10H2. The zero-order valence-electron chi connectivity index (χ0n) is 12.7. The smallest absolute Gasteiger partial charge is 0.255 e. The second-order valence-electron chi connectivity index (χ2n) is 5.91. The van der Waals surface area contributed by atoms with Crippen molar-refractivity contribution in [3.05, 3.63) is 33.8 Å². The first-order valence-corrected chi connectivity index (χ1v) is 8.56. The Morgan fingerprint density at radius 1 is 1.09 bits per heavy atom. The van der Waals surface area contributed by atoms with Crippen LogP contribution in [0.5, 0.6) is 0 Å². The average molecular weight is 356 g/mol. The van der Waals surface area contributed by atoms with E-state index in [2.05, 4.69) is 5.32 Å². The van der Waals surface area contributed by atoms with Crippen LogP contribution in [0.1, 0.15) is 16.8 Å². The number of halogens is 2. The van der Waals surface area contributed by atoms with Crippen molar-refractivity contribution in [3.63, 3.8) is 0 Å². The SMILES string of the molecule is O=C(c1cccc(Cl)c1Cl)N1CCN(C(=O)C2CCNC2)CC1. The quantitative estimate of drug-likeness (QED) is 0.881. The van der Waals surface area contributed by atoms with E-state index in [9.17, 15) is 9.59 Å². The molecule has 2 fully saturated rings. The van der Waals surface area contributed by atoms with Gasteiger partial charge in [0.25, 0.3) is 5.91 Å². The maximum atomic E-state index is 12.6. The largest absolute Gasteiger partial charge is 0.339 e. The van der Waals surface area contributed by atoms with E-state index >= 15 is 0 Å². The summed E-state index contributed by atoms with van der Waals surface area (Å²) in [5.41, 5.74) is 0.416. The molecule has 1 aromatic carbocycles. The van der Waals surface area contributed by atoms with Crippen molar-refractivity contribution in [2.24, 2.45) is 5.92 Å². The Kier molecular flexibility index (Phi) is 5.09. The molecule has 1 aromatic rings. The number of carbonyl (C=O) groups is 2. The first-order chi connectivity index (χ1) is 11.1. The first-order valence-electron chi connectivity index (χ1n) is 7.80. The molecule has 0 aliphatic carbocycles. The highest BCUT2D eigenvalue weighted by atomic mass is 35.5. The van der Waals surface area contributed by atoms with Crippen LogP contribution in [0.2, 0.25) is 10.0 Å². The molecule has 0 saturated carbocycles. The molecule has 0 radical (unpaired) electrons. The second kappa shape index (κ2) is 7.07. The van der Waals surface area contributed by atoms with Gasteiger partial charge >= 0.3 is 0 Å². The summed E-state index contributed by atoms with van der Waals surface area (Å²) >= 11 is 12.1. The van der Waals surface area contributed by atoms with Gasteiger partial charge in [-0.1, -0.05) is 29.3 Å². The Balaban J connectivity index is 1.61. The Hall–Kier alpha value is -1.30. The van der Waals surface area contributed by atoms with Crippen LogP contribution in [0.4, 0.5) is 0 Å². The lowest BCUT2D eigenvalue weighted by atomic mass is 10.1. The molecule has 2 amide bonds. The van der Waals surface area contributed by atoms with Gasteiger partial charge in [-0.25, -0.2) is 0 Å². The summed E-state index contributed by atoms with van der Waals surface area (Å²) in [6.45, 7) is 3.85. The van der Waals surface area contributed by atoms with Gasteiger partial charge < -0.3 is 15.1 Å². The fourth-order valence-corrected chi connectivity index (χ4v) is 3.47. The summed E-state index contributed by atoms with van der Waals surface area (Å²) in [7, 11) is 0. The minimum Gasteiger partial charge on any atom is -0.339 e. The molecule has 2 aliphatic rings. The van der Waals surface area contributed by atoms with E-state index in [-0.39, 0.29) is 22.8 Å². The molecule has 124 valence electrons. The molecule has 0 spiro atoms. The summed E-state index contributed by atoms with van der Waals surface area (Å²) in [6, 6.07) is 5.06. The predicted molar refractivity (Wildman–Crippen MR) is 89.9 cm³/mol. The molecule has 1 unspecified atom stereocenters. The zero-order valence-corrected chi connectivity index (χ0v) is 14.2. The molecular formula is C16H19Cl2N3O2. The van der Waals surface area contributed by atoms with Gasteiger partial charge in [-0.2, -0.15) is 0 Å². The minimum atomic E-state index is -0.132. The highest BCUT2D eigenvalue weighted by molar-refractivity contribution is 6.43. The molecule has 3 rings (SSSR count). The number of nitrogens with one attached hydrogen (secondary N) is 1. The molecule has 2 heterocycles. The third kappa shape index (κ3) is 3.47. The number of rotatable bonds is 2. The fourth-order valence-electron chi connectivity index (χ4n) is 3.09. The lowest BCUT2D eigenvalue weighted by molar-refractivity contribution is -0.136. The van der Waals surface area contributed by atoms with Crippen LogP contribution < -0.4 is 5.32 Å². The number of carbonyl (C=O) groups excluding carboxylic acids is 2. The fraction of sp³-hybridized carbons (Fsp3) is 0.500. The van der Waals surface area contributed by atoms with Crippen molar-refractivity contribution in [1.29, 1.82) is 0 Å². The summed E-state index contributed by atoms with van der Waals surface area (Å²) in [5, 5.41) is 3.87. The molecule has 7 heteroatoms. The van der Waals surface area contributed by atoms with Gasteiger partial charge in [-0.05, 0) is 25.1 Å². The number of piperazine rings is 1. The number of amides is 2. The van der Waals surface area contributed by atoms with E-state index in [1.54, 1.807) is 23.1 Å².